The third kappa shape index (κ3) is 2.82. The average Bonchev–Trinajstić information content (AvgIpc) is 2.64. The number of nitrogens with zero attached hydrogens (tertiary/aromatic N) is 3. The molecule has 1 aromatic heterocycles. The number of amides is 1. The van der Waals surface area contributed by atoms with E-state index in [0.717, 1.165) is 0 Å². The molecule has 6 heteroatoms. The Morgan fingerprint density at radius 1 is 1.56 bits per heavy atom. The van der Waals surface area contributed by atoms with Crippen molar-refractivity contribution in [2.45, 2.75) is 13.5 Å². The molecule has 1 rings (SSSR count). The van der Waals surface area contributed by atoms with Crippen LogP contribution in [0.25, 0.3) is 0 Å². The van der Waals surface area contributed by atoms with Crippen molar-refractivity contribution in [2.24, 2.45) is 5.92 Å². The van der Waals surface area contributed by atoms with E-state index in [2.05, 4.69) is 5.10 Å². The number of rotatable bonds is 4. The number of hydrogen-bond acceptors (Lipinski definition) is 3. The van der Waals surface area contributed by atoms with E-state index in [-0.39, 0.29) is 12.5 Å². The van der Waals surface area contributed by atoms with E-state index in [0.29, 0.717) is 5.69 Å². The Hall–Kier alpha value is -1.85. The van der Waals surface area contributed by atoms with Crippen molar-refractivity contribution >= 4 is 11.9 Å². The molecule has 1 heterocycles. The topological polar surface area (TPSA) is 75.4 Å². The summed E-state index contributed by atoms with van der Waals surface area (Å²) >= 11 is 0. The zero-order valence-electron chi connectivity index (χ0n) is 9.54. The van der Waals surface area contributed by atoms with Crippen LogP contribution < -0.4 is 0 Å². The number of carbonyl (C=O) groups is 2. The fraction of sp³-hybridized carbons (Fsp3) is 0.500. The van der Waals surface area contributed by atoms with Crippen LogP contribution in [0.15, 0.2) is 12.3 Å². The summed E-state index contributed by atoms with van der Waals surface area (Å²) in [7, 11) is 3.28. The Morgan fingerprint density at radius 3 is 2.69 bits per heavy atom. The molecule has 0 fully saturated rings. The maximum atomic E-state index is 11.5. The van der Waals surface area contributed by atoms with Crippen LogP contribution >= 0.6 is 0 Å². The van der Waals surface area contributed by atoms with Crippen LogP contribution in [0, 0.1) is 5.92 Å². The minimum absolute atomic E-state index is 0.193. The van der Waals surface area contributed by atoms with Gasteiger partial charge in [0.25, 0.3) is 5.91 Å². The number of hydrogen-bond donors (Lipinski definition) is 1. The lowest BCUT2D eigenvalue weighted by Gasteiger charge is -2.08. The van der Waals surface area contributed by atoms with Crippen molar-refractivity contribution < 1.29 is 14.7 Å². The normalized spacial score (nSPS) is 12.2. The molecule has 88 valence electrons. The summed E-state index contributed by atoms with van der Waals surface area (Å²) in [5.41, 5.74) is 0.322. The molecule has 0 aromatic carbocycles. The van der Waals surface area contributed by atoms with Crippen LogP contribution in [-0.4, -0.2) is 45.8 Å². The van der Waals surface area contributed by atoms with Gasteiger partial charge in [-0.15, -0.1) is 0 Å². The van der Waals surface area contributed by atoms with E-state index < -0.39 is 11.9 Å². The molecule has 1 unspecified atom stereocenters. The zero-order chi connectivity index (χ0) is 12.3. The lowest BCUT2D eigenvalue weighted by atomic mass is 10.2. The summed E-state index contributed by atoms with van der Waals surface area (Å²) in [6, 6.07) is 1.58. The maximum absolute atomic E-state index is 11.5. The second kappa shape index (κ2) is 4.78. The molecule has 1 atom stereocenters. The molecular weight excluding hydrogens is 210 g/mol. The molecule has 0 bridgehead atoms. The van der Waals surface area contributed by atoms with Crippen molar-refractivity contribution in [2.75, 3.05) is 14.1 Å². The standard InChI is InChI=1S/C10H15N3O3/c1-7(10(15)16)6-13-5-4-8(11-13)9(14)12(2)3/h4-5,7H,6H2,1-3H3,(H,15,16). The number of carboxylic acids is 1. The second-order valence-electron chi connectivity index (χ2n) is 3.86. The smallest absolute Gasteiger partial charge is 0.308 e. The van der Waals surface area contributed by atoms with Gasteiger partial charge in [-0.2, -0.15) is 5.10 Å². The second-order valence-corrected chi connectivity index (χ2v) is 3.86. The average molecular weight is 225 g/mol. The van der Waals surface area contributed by atoms with Gasteiger partial charge in [-0.05, 0) is 6.07 Å². The van der Waals surface area contributed by atoms with E-state index in [4.69, 9.17) is 5.11 Å². The molecule has 1 amide bonds. The first kappa shape index (κ1) is 12.2. The predicted molar refractivity (Wildman–Crippen MR) is 57.0 cm³/mol. The first-order valence-corrected chi connectivity index (χ1v) is 4.89. The number of aliphatic carboxylic acids is 1. The SMILES string of the molecule is CC(Cn1ccc(C(=O)N(C)C)n1)C(=O)O. The highest BCUT2D eigenvalue weighted by Gasteiger charge is 2.15. The largest absolute Gasteiger partial charge is 0.481 e. The fourth-order valence-electron chi connectivity index (χ4n) is 1.17. The Balaban J connectivity index is 2.72. The molecule has 1 N–H and O–H groups in total. The van der Waals surface area contributed by atoms with Gasteiger partial charge in [-0.25, -0.2) is 0 Å². The highest BCUT2D eigenvalue weighted by Crippen LogP contribution is 2.03. The Kier molecular flexibility index (Phi) is 3.65. The summed E-state index contributed by atoms with van der Waals surface area (Å²) in [6.45, 7) is 1.85. The lowest BCUT2D eigenvalue weighted by molar-refractivity contribution is -0.141. The zero-order valence-corrected chi connectivity index (χ0v) is 9.54. The first-order valence-electron chi connectivity index (χ1n) is 4.89. The Labute approximate surface area is 93.5 Å². The molecule has 0 radical (unpaired) electrons. The number of aromatic nitrogens is 2. The summed E-state index contributed by atoms with van der Waals surface area (Å²) in [5, 5.41) is 12.7. The number of carbonyl (C=O) groups excluding carboxylic acids is 1. The van der Waals surface area contributed by atoms with Gasteiger partial charge in [0.15, 0.2) is 0 Å². The van der Waals surface area contributed by atoms with Crippen molar-refractivity contribution in [1.29, 1.82) is 0 Å². The van der Waals surface area contributed by atoms with Crippen LogP contribution in [0.1, 0.15) is 17.4 Å². The number of carboxylic acid groups (broad SMARTS) is 1. The van der Waals surface area contributed by atoms with Gasteiger partial charge in [0.05, 0.1) is 12.5 Å². The summed E-state index contributed by atoms with van der Waals surface area (Å²) in [4.78, 5) is 23.6. The minimum atomic E-state index is -0.879. The fourth-order valence-corrected chi connectivity index (χ4v) is 1.17. The Morgan fingerprint density at radius 2 is 2.19 bits per heavy atom. The molecule has 16 heavy (non-hydrogen) atoms. The van der Waals surface area contributed by atoms with Gasteiger partial charge in [-0.1, -0.05) is 6.92 Å². The van der Waals surface area contributed by atoms with Crippen LogP contribution in [0.2, 0.25) is 0 Å². The van der Waals surface area contributed by atoms with Crippen LogP contribution in [0.3, 0.4) is 0 Å². The van der Waals surface area contributed by atoms with Crippen molar-refractivity contribution in [3.63, 3.8) is 0 Å². The van der Waals surface area contributed by atoms with Gasteiger partial charge >= 0.3 is 5.97 Å². The van der Waals surface area contributed by atoms with Crippen molar-refractivity contribution in [1.82, 2.24) is 14.7 Å². The molecule has 0 aliphatic rings. The van der Waals surface area contributed by atoms with E-state index in [1.54, 1.807) is 33.3 Å². The third-order valence-electron chi connectivity index (χ3n) is 2.15. The molecule has 0 saturated heterocycles. The van der Waals surface area contributed by atoms with E-state index in [1.165, 1.54) is 9.58 Å². The van der Waals surface area contributed by atoms with Crippen molar-refractivity contribution in [3.05, 3.63) is 18.0 Å². The quantitative estimate of drug-likeness (QED) is 0.800. The molecule has 0 saturated carbocycles. The van der Waals surface area contributed by atoms with Gasteiger partial charge in [0.2, 0.25) is 0 Å². The summed E-state index contributed by atoms with van der Waals surface area (Å²) < 4.78 is 1.47. The maximum Gasteiger partial charge on any atom is 0.308 e. The van der Waals surface area contributed by atoms with Gasteiger partial charge < -0.3 is 10.0 Å². The van der Waals surface area contributed by atoms with Crippen molar-refractivity contribution in [3.8, 4) is 0 Å². The molecule has 0 aliphatic carbocycles. The highest BCUT2D eigenvalue weighted by molar-refractivity contribution is 5.91. The molecule has 1 aromatic rings. The van der Waals surface area contributed by atoms with Crippen LogP contribution in [0.4, 0.5) is 0 Å². The van der Waals surface area contributed by atoms with E-state index in [9.17, 15) is 9.59 Å². The molecular formula is C10H15N3O3. The van der Waals surface area contributed by atoms with E-state index in [1.807, 2.05) is 0 Å². The molecule has 0 spiro atoms. The minimum Gasteiger partial charge on any atom is -0.481 e. The van der Waals surface area contributed by atoms with Gasteiger partial charge in [-0.3, -0.25) is 14.3 Å². The third-order valence-corrected chi connectivity index (χ3v) is 2.15. The van der Waals surface area contributed by atoms with Crippen LogP contribution in [0.5, 0.6) is 0 Å². The lowest BCUT2D eigenvalue weighted by Crippen LogP contribution is -2.23. The molecule has 0 aliphatic heterocycles. The Bertz CT molecular complexity index is 398. The first-order chi connectivity index (χ1) is 7.41. The predicted octanol–water partition coefficient (Wildman–Crippen LogP) is 0.306. The van der Waals surface area contributed by atoms with Gasteiger partial charge in [0.1, 0.15) is 5.69 Å². The summed E-state index contributed by atoms with van der Waals surface area (Å²) in [6.07, 6.45) is 1.61. The van der Waals surface area contributed by atoms with Crippen LogP contribution in [-0.2, 0) is 11.3 Å². The van der Waals surface area contributed by atoms with E-state index >= 15 is 0 Å². The highest BCUT2D eigenvalue weighted by atomic mass is 16.4. The summed E-state index contributed by atoms with van der Waals surface area (Å²) in [5.74, 6) is -1.60. The van der Waals surface area contributed by atoms with Gasteiger partial charge in [0, 0.05) is 20.3 Å². The molecule has 6 nitrogen and oxygen atoms in total. The monoisotopic (exact) mass is 225 g/mol.